The number of aromatic nitrogens is 7. The van der Waals surface area contributed by atoms with Crippen molar-refractivity contribution in [2.45, 2.75) is 51.6 Å². The second kappa shape index (κ2) is 7.43. The number of fused-ring (bicyclic) bond motifs is 3. The summed E-state index contributed by atoms with van der Waals surface area (Å²) in [5, 5.41) is 8.80. The van der Waals surface area contributed by atoms with Crippen molar-refractivity contribution in [3.63, 3.8) is 0 Å². The van der Waals surface area contributed by atoms with Crippen molar-refractivity contribution in [2.24, 2.45) is 0 Å². The molecular weight excluding hydrogens is 426 g/mol. The van der Waals surface area contributed by atoms with Gasteiger partial charge in [-0.3, -0.25) is 9.13 Å². The van der Waals surface area contributed by atoms with Gasteiger partial charge in [0.25, 0.3) is 0 Å². The normalized spacial score (nSPS) is 17.6. The van der Waals surface area contributed by atoms with Gasteiger partial charge in [-0.1, -0.05) is 6.92 Å². The van der Waals surface area contributed by atoms with E-state index in [1.807, 2.05) is 11.5 Å². The van der Waals surface area contributed by atoms with Crippen molar-refractivity contribution < 1.29 is 8.78 Å². The van der Waals surface area contributed by atoms with Crippen LogP contribution in [-0.4, -0.2) is 40.3 Å². The summed E-state index contributed by atoms with van der Waals surface area (Å²) in [6, 6.07) is 4.18. The van der Waals surface area contributed by atoms with Gasteiger partial charge in [-0.05, 0) is 50.8 Å². The Balaban J connectivity index is 1.51. The Labute approximate surface area is 189 Å². The van der Waals surface area contributed by atoms with Crippen LogP contribution in [0.2, 0.25) is 0 Å². The lowest BCUT2D eigenvalue weighted by Gasteiger charge is -2.45. The number of imidazole rings is 1. The summed E-state index contributed by atoms with van der Waals surface area (Å²) >= 11 is 0. The standard InChI is InChI=1S/C23H22F2N8/c1-3-18-22-30-29-13(2)32(22)19-12-27-23(28-21(19)33(18)15-5-4-6-15)31-10-9-26-20(31)14-7-8-16(24)17(25)11-14/h7-12,15,18H,3-6H2,1-2H3/t18-/m1/s1. The average molecular weight is 448 g/mol. The third-order valence-electron chi connectivity index (χ3n) is 6.60. The first-order valence-corrected chi connectivity index (χ1v) is 11.1. The van der Waals surface area contributed by atoms with Crippen LogP contribution in [0.15, 0.2) is 36.8 Å². The summed E-state index contributed by atoms with van der Waals surface area (Å²) in [5.41, 5.74) is 1.29. The number of aryl methyl sites for hydroxylation is 1. The first kappa shape index (κ1) is 20.0. The Kier molecular flexibility index (Phi) is 4.49. The average Bonchev–Trinajstić information content (AvgIpc) is 3.42. The molecule has 1 saturated carbocycles. The van der Waals surface area contributed by atoms with Crippen LogP contribution >= 0.6 is 0 Å². The molecule has 0 radical (unpaired) electrons. The van der Waals surface area contributed by atoms with Crippen LogP contribution in [0.25, 0.3) is 23.0 Å². The van der Waals surface area contributed by atoms with E-state index in [1.54, 1.807) is 23.2 Å². The Morgan fingerprint density at radius 1 is 1.09 bits per heavy atom. The van der Waals surface area contributed by atoms with Gasteiger partial charge >= 0.3 is 0 Å². The van der Waals surface area contributed by atoms with Crippen LogP contribution < -0.4 is 4.90 Å². The number of nitrogens with zero attached hydrogens (tertiary/aromatic N) is 8. The zero-order chi connectivity index (χ0) is 22.7. The number of benzene rings is 1. The molecule has 0 spiro atoms. The second-order valence-corrected chi connectivity index (χ2v) is 8.49. The van der Waals surface area contributed by atoms with E-state index in [-0.39, 0.29) is 6.04 Å². The minimum Gasteiger partial charge on any atom is -0.341 e. The van der Waals surface area contributed by atoms with Crippen molar-refractivity contribution in [3.05, 3.63) is 60.1 Å². The highest BCUT2D eigenvalue weighted by Crippen LogP contribution is 2.44. The van der Waals surface area contributed by atoms with Crippen LogP contribution in [0.4, 0.5) is 14.6 Å². The predicted octanol–water partition coefficient (Wildman–Crippen LogP) is 4.32. The van der Waals surface area contributed by atoms with Crippen molar-refractivity contribution in [1.29, 1.82) is 0 Å². The summed E-state index contributed by atoms with van der Waals surface area (Å²) in [4.78, 5) is 16.3. The predicted molar refractivity (Wildman–Crippen MR) is 117 cm³/mol. The van der Waals surface area contributed by atoms with E-state index in [0.29, 0.717) is 23.4 Å². The highest BCUT2D eigenvalue weighted by Gasteiger charge is 2.40. The molecule has 4 aromatic rings. The van der Waals surface area contributed by atoms with E-state index in [1.165, 1.54) is 12.5 Å². The molecule has 0 unspecified atom stereocenters. The number of hydrogen-bond acceptors (Lipinski definition) is 6. The lowest BCUT2D eigenvalue weighted by molar-refractivity contribution is 0.341. The maximum atomic E-state index is 13.9. The first-order valence-electron chi connectivity index (χ1n) is 11.1. The number of halogens is 2. The number of anilines is 1. The molecule has 0 N–H and O–H groups in total. The molecule has 3 aromatic heterocycles. The summed E-state index contributed by atoms with van der Waals surface area (Å²) in [5.74, 6) is 1.56. The van der Waals surface area contributed by atoms with Gasteiger partial charge in [0.1, 0.15) is 17.3 Å². The quantitative estimate of drug-likeness (QED) is 0.463. The topological polar surface area (TPSA) is 77.5 Å². The van der Waals surface area contributed by atoms with Crippen molar-refractivity contribution in [3.8, 4) is 23.0 Å². The molecule has 1 aromatic carbocycles. The molecule has 1 fully saturated rings. The van der Waals surface area contributed by atoms with Crippen molar-refractivity contribution in [2.75, 3.05) is 4.90 Å². The molecule has 1 atom stereocenters. The molecule has 1 aliphatic heterocycles. The summed E-state index contributed by atoms with van der Waals surface area (Å²) in [7, 11) is 0. The Hall–Kier alpha value is -3.69. The summed E-state index contributed by atoms with van der Waals surface area (Å²) < 4.78 is 31.1. The summed E-state index contributed by atoms with van der Waals surface area (Å²) in [6.07, 6.45) is 9.38. The van der Waals surface area contributed by atoms with Gasteiger partial charge in [0.15, 0.2) is 23.3 Å². The molecule has 8 nitrogen and oxygen atoms in total. The van der Waals surface area contributed by atoms with Gasteiger partial charge in [0.05, 0.1) is 12.2 Å². The van der Waals surface area contributed by atoms with Gasteiger partial charge in [0, 0.05) is 24.0 Å². The zero-order valence-electron chi connectivity index (χ0n) is 18.3. The first-order chi connectivity index (χ1) is 16.1. The Morgan fingerprint density at radius 3 is 2.67 bits per heavy atom. The van der Waals surface area contributed by atoms with Gasteiger partial charge in [-0.15, -0.1) is 10.2 Å². The molecule has 0 saturated heterocycles. The fraction of sp³-hybridized carbons (Fsp3) is 0.348. The van der Waals surface area contributed by atoms with Crippen LogP contribution in [0.3, 0.4) is 0 Å². The highest BCUT2D eigenvalue weighted by atomic mass is 19.2. The van der Waals surface area contributed by atoms with E-state index in [2.05, 4.69) is 32.0 Å². The van der Waals surface area contributed by atoms with Gasteiger partial charge in [0.2, 0.25) is 5.95 Å². The molecule has 2 aliphatic rings. The van der Waals surface area contributed by atoms with Gasteiger partial charge in [-0.25, -0.2) is 18.7 Å². The number of rotatable bonds is 4. The SMILES string of the molecule is CC[C@@H]1c2nnc(C)n2-c2cnc(-n3ccnc3-c3ccc(F)c(F)c3)nc2N1C1CCC1. The molecule has 6 rings (SSSR count). The third kappa shape index (κ3) is 2.96. The largest absolute Gasteiger partial charge is 0.341 e. The fourth-order valence-electron chi connectivity index (χ4n) is 4.77. The maximum absolute atomic E-state index is 13.9. The zero-order valence-corrected chi connectivity index (χ0v) is 18.3. The minimum atomic E-state index is -0.925. The Bertz CT molecular complexity index is 1360. The molecular formula is C23H22F2N8. The molecule has 1 aliphatic carbocycles. The van der Waals surface area contributed by atoms with E-state index in [0.717, 1.165) is 54.5 Å². The van der Waals surface area contributed by atoms with Crippen LogP contribution in [0, 0.1) is 18.6 Å². The monoisotopic (exact) mass is 448 g/mol. The summed E-state index contributed by atoms with van der Waals surface area (Å²) in [6.45, 7) is 4.08. The minimum absolute atomic E-state index is 0.0696. The van der Waals surface area contributed by atoms with Crippen LogP contribution in [-0.2, 0) is 0 Å². The second-order valence-electron chi connectivity index (χ2n) is 8.49. The van der Waals surface area contributed by atoms with E-state index >= 15 is 0 Å². The van der Waals surface area contributed by atoms with Crippen molar-refractivity contribution in [1.82, 2.24) is 34.3 Å². The molecule has 168 valence electrons. The Morgan fingerprint density at radius 2 is 1.94 bits per heavy atom. The molecule has 4 heterocycles. The molecule has 10 heteroatoms. The van der Waals surface area contributed by atoms with Crippen molar-refractivity contribution >= 4 is 5.82 Å². The maximum Gasteiger partial charge on any atom is 0.237 e. The molecule has 0 bridgehead atoms. The third-order valence-corrected chi connectivity index (χ3v) is 6.60. The highest BCUT2D eigenvalue weighted by molar-refractivity contribution is 5.64. The molecule has 33 heavy (non-hydrogen) atoms. The lowest BCUT2D eigenvalue weighted by Crippen LogP contribution is -2.46. The van der Waals surface area contributed by atoms with Crippen LogP contribution in [0.1, 0.15) is 50.3 Å². The number of hydrogen-bond donors (Lipinski definition) is 0. The molecule has 0 amide bonds. The van der Waals surface area contributed by atoms with E-state index in [4.69, 9.17) is 4.98 Å². The van der Waals surface area contributed by atoms with Gasteiger partial charge in [-0.2, -0.15) is 4.98 Å². The fourth-order valence-corrected chi connectivity index (χ4v) is 4.77. The van der Waals surface area contributed by atoms with E-state index < -0.39 is 11.6 Å². The smallest absolute Gasteiger partial charge is 0.237 e. The van der Waals surface area contributed by atoms with Crippen LogP contribution in [0.5, 0.6) is 0 Å². The lowest BCUT2D eigenvalue weighted by atomic mass is 9.89. The van der Waals surface area contributed by atoms with Gasteiger partial charge < -0.3 is 4.90 Å². The van der Waals surface area contributed by atoms with E-state index in [9.17, 15) is 8.78 Å².